The number of aromatic nitrogens is 1. The van der Waals surface area contributed by atoms with Gasteiger partial charge in [0.2, 0.25) is 15.9 Å². The third-order valence-corrected chi connectivity index (χ3v) is 9.11. The number of amides is 1. The van der Waals surface area contributed by atoms with Crippen molar-refractivity contribution in [2.45, 2.75) is 37.8 Å². The molecule has 0 saturated carbocycles. The number of aromatic amines is 1. The third kappa shape index (κ3) is 5.90. The topological polar surface area (TPSA) is 73.5 Å². The Morgan fingerprint density at radius 2 is 1.54 bits per heavy atom. The maximum absolute atomic E-state index is 13.8. The third-order valence-electron chi connectivity index (χ3n) is 7.09. The van der Waals surface area contributed by atoms with E-state index in [1.165, 1.54) is 4.31 Å². The highest BCUT2D eigenvalue weighted by molar-refractivity contribution is 7.89. The highest BCUT2D eigenvalue weighted by atomic mass is 32.2. The van der Waals surface area contributed by atoms with E-state index >= 15 is 0 Å². The van der Waals surface area contributed by atoms with E-state index in [1.807, 2.05) is 85.1 Å². The lowest BCUT2D eigenvalue weighted by molar-refractivity contribution is -0.132. The number of hydrogen-bond acceptors (Lipinski definition) is 3. The van der Waals surface area contributed by atoms with Crippen molar-refractivity contribution < 1.29 is 13.2 Å². The first-order valence-corrected chi connectivity index (χ1v) is 14.6. The van der Waals surface area contributed by atoms with E-state index in [-0.39, 0.29) is 17.3 Å². The number of fused-ring (bicyclic) bond motifs is 2. The summed E-state index contributed by atoms with van der Waals surface area (Å²) in [5.41, 5.74) is 3.18. The minimum absolute atomic E-state index is 0.191. The van der Waals surface area contributed by atoms with Gasteiger partial charge in [-0.2, -0.15) is 4.31 Å². The summed E-state index contributed by atoms with van der Waals surface area (Å²) in [5, 5.41) is 2.94. The van der Waals surface area contributed by atoms with Crippen LogP contribution >= 0.6 is 0 Å². The van der Waals surface area contributed by atoms with Crippen LogP contribution in [0.3, 0.4) is 0 Å². The average Bonchev–Trinajstić information content (AvgIpc) is 3.37. The number of nitrogens with zero attached hydrogens (tertiary/aromatic N) is 2. The lowest BCUT2D eigenvalue weighted by atomic mass is 10.1. The maximum Gasteiger partial charge on any atom is 0.243 e. The van der Waals surface area contributed by atoms with Crippen LogP contribution in [-0.4, -0.2) is 47.6 Å². The van der Waals surface area contributed by atoms with Gasteiger partial charge in [-0.15, -0.1) is 0 Å². The molecule has 39 heavy (non-hydrogen) atoms. The molecule has 0 unspecified atom stereocenters. The first-order chi connectivity index (χ1) is 18.8. The van der Waals surface area contributed by atoms with Crippen molar-refractivity contribution in [1.29, 1.82) is 0 Å². The number of nitrogens with one attached hydrogen (secondary N) is 1. The molecule has 0 aliphatic rings. The van der Waals surface area contributed by atoms with E-state index < -0.39 is 16.1 Å². The number of para-hydroxylation sites is 1. The van der Waals surface area contributed by atoms with E-state index in [0.29, 0.717) is 19.5 Å². The number of rotatable bonds is 10. The minimum Gasteiger partial charge on any atom is -0.361 e. The Morgan fingerprint density at radius 3 is 2.31 bits per heavy atom. The van der Waals surface area contributed by atoms with Gasteiger partial charge in [0, 0.05) is 36.2 Å². The molecule has 7 heteroatoms. The van der Waals surface area contributed by atoms with Gasteiger partial charge in [-0.3, -0.25) is 4.79 Å². The van der Waals surface area contributed by atoms with Gasteiger partial charge in [0.25, 0.3) is 0 Å². The Bertz CT molecular complexity index is 1690. The second-order valence-electron chi connectivity index (χ2n) is 10.1. The Kier molecular flexibility index (Phi) is 7.82. The summed E-state index contributed by atoms with van der Waals surface area (Å²) in [6.45, 7) is 4.26. The Balaban J connectivity index is 1.40. The van der Waals surface area contributed by atoms with Crippen LogP contribution in [0.5, 0.6) is 0 Å². The molecule has 0 aliphatic heterocycles. The van der Waals surface area contributed by atoms with Crippen LogP contribution in [0.1, 0.15) is 25.0 Å². The molecule has 6 nitrogen and oxygen atoms in total. The summed E-state index contributed by atoms with van der Waals surface area (Å²) < 4.78 is 28.9. The Labute approximate surface area is 229 Å². The monoisotopic (exact) mass is 539 g/mol. The number of sulfonamides is 1. The fourth-order valence-electron chi connectivity index (χ4n) is 4.93. The first kappa shape index (κ1) is 26.7. The number of carbonyl (C=O) groups excluding carboxylic acids is 1. The molecule has 5 aromatic rings. The molecule has 4 aromatic carbocycles. The molecule has 1 heterocycles. The summed E-state index contributed by atoms with van der Waals surface area (Å²) in [6, 6.07) is 30.3. The smallest absolute Gasteiger partial charge is 0.243 e. The zero-order chi connectivity index (χ0) is 27.4. The van der Waals surface area contributed by atoms with Crippen molar-refractivity contribution in [2.75, 3.05) is 13.1 Å². The normalized spacial score (nSPS) is 12.0. The van der Waals surface area contributed by atoms with E-state index in [4.69, 9.17) is 0 Å². The highest BCUT2D eigenvalue weighted by Crippen LogP contribution is 2.24. The molecule has 1 aromatic heterocycles. The molecule has 0 aliphatic carbocycles. The molecule has 200 valence electrons. The molecule has 5 rings (SSSR count). The van der Waals surface area contributed by atoms with Gasteiger partial charge in [0.1, 0.15) is 0 Å². The molecule has 0 spiro atoms. The molecule has 0 atom stereocenters. The van der Waals surface area contributed by atoms with Gasteiger partial charge in [-0.25, -0.2) is 8.42 Å². The van der Waals surface area contributed by atoms with Crippen molar-refractivity contribution in [3.8, 4) is 0 Å². The van der Waals surface area contributed by atoms with Gasteiger partial charge in [-0.1, -0.05) is 78.9 Å². The summed E-state index contributed by atoms with van der Waals surface area (Å²) in [6.07, 6.45) is 2.64. The fourth-order valence-corrected chi connectivity index (χ4v) is 6.55. The summed E-state index contributed by atoms with van der Waals surface area (Å²) in [4.78, 5) is 19.0. The van der Waals surface area contributed by atoms with Crippen molar-refractivity contribution in [3.05, 3.63) is 114 Å². The molecule has 1 amide bonds. The van der Waals surface area contributed by atoms with Crippen LogP contribution in [0.2, 0.25) is 0 Å². The number of hydrogen-bond donors (Lipinski definition) is 1. The fraction of sp³-hybridized carbons (Fsp3) is 0.219. The number of carbonyl (C=O) groups is 1. The van der Waals surface area contributed by atoms with Crippen LogP contribution in [0, 0.1) is 0 Å². The van der Waals surface area contributed by atoms with Crippen molar-refractivity contribution in [1.82, 2.24) is 14.2 Å². The number of benzene rings is 4. The maximum atomic E-state index is 13.8. The van der Waals surface area contributed by atoms with Crippen LogP contribution in [0.25, 0.3) is 21.7 Å². The summed E-state index contributed by atoms with van der Waals surface area (Å²) in [7, 11) is -3.90. The predicted octanol–water partition coefficient (Wildman–Crippen LogP) is 5.99. The lowest BCUT2D eigenvalue weighted by Gasteiger charge is -2.29. The Hall–Kier alpha value is -3.94. The van der Waals surface area contributed by atoms with E-state index in [9.17, 15) is 13.2 Å². The van der Waals surface area contributed by atoms with Crippen LogP contribution in [-0.2, 0) is 27.8 Å². The van der Waals surface area contributed by atoms with Crippen LogP contribution < -0.4 is 0 Å². The standard InChI is InChI=1S/C32H33N3O3S/c1-24(2)35(39(37,38)29-17-16-26-12-6-7-13-27(26)20-29)23-32(36)34(22-25-10-4-3-5-11-25)19-18-28-21-33-31-15-9-8-14-30(28)31/h3-17,20-21,24,33H,18-19,22-23H2,1-2H3. The molecular weight excluding hydrogens is 506 g/mol. The van der Waals surface area contributed by atoms with Crippen LogP contribution in [0.4, 0.5) is 0 Å². The zero-order valence-electron chi connectivity index (χ0n) is 22.2. The van der Waals surface area contributed by atoms with Gasteiger partial charge < -0.3 is 9.88 Å². The zero-order valence-corrected chi connectivity index (χ0v) is 23.1. The first-order valence-electron chi connectivity index (χ1n) is 13.2. The van der Waals surface area contributed by atoms with E-state index in [0.717, 1.165) is 32.8 Å². The van der Waals surface area contributed by atoms with Gasteiger partial charge in [0.15, 0.2) is 0 Å². The quantitative estimate of drug-likeness (QED) is 0.237. The molecule has 0 saturated heterocycles. The second kappa shape index (κ2) is 11.4. The Morgan fingerprint density at radius 1 is 0.846 bits per heavy atom. The van der Waals surface area contributed by atoms with Crippen molar-refractivity contribution in [3.63, 3.8) is 0 Å². The number of H-pyrrole nitrogens is 1. The lowest BCUT2D eigenvalue weighted by Crippen LogP contribution is -2.46. The van der Waals surface area contributed by atoms with Gasteiger partial charge in [0.05, 0.1) is 11.4 Å². The van der Waals surface area contributed by atoms with Gasteiger partial charge in [-0.05, 0) is 60.4 Å². The molecule has 0 fully saturated rings. The van der Waals surface area contributed by atoms with E-state index in [2.05, 4.69) is 11.1 Å². The highest BCUT2D eigenvalue weighted by Gasteiger charge is 2.31. The molecule has 0 bridgehead atoms. The largest absolute Gasteiger partial charge is 0.361 e. The molecular formula is C32H33N3O3S. The summed E-state index contributed by atoms with van der Waals surface area (Å²) >= 11 is 0. The minimum atomic E-state index is -3.90. The van der Waals surface area contributed by atoms with Crippen molar-refractivity contribution >= 4 is 37.6 Å². The van der Waals surface area contributed by atoms with Gasteiger partial charge >= 0.3 is 0 Å². The SMILES string of the molecule is CC(C)N(CC(=O)N(CCc1c[nH]c2ccccc12)Cc1ccccc1)S(=O)(=O)c1ccc2ccccc2c1. The average molecular weight is 540 g/mol. The second-order valence-corrected chi connectivity index (χ2v) is 12.0. The summed E-state index contributed by atoms with van der Waals surface area (Å²) in [5.74, 6) is -0.225. The molecule has 1 N–H and O–H groups in total. The van der Waals surface area contributed by atoms with Crippen LogP contribution in [0.15, 0.2) is 108 Å². The predicted molar refractivity (Wildman–Crippen MR) is 157 cm³/mol. The van der Waals surface area contributed by atoms with E-state index in [1.54, 1.807) is 30.9 Å². The molecule has 0 radical (unpaired) electrons. The van der Waals surface area contributed by atoms with Crippen molar-refractivity contribution in [2.24, 2.45) is 0 Å².